The van der Waals surface area contributed by atoms with Crippen molar-refractivity contribution in [3.63, 3.8) is 0 Å². The molecule has 0 aromatic heterocycles. The van der Waals surface area contributed by atoms with Crippen molar-refractivity contribution in [1.82, 2.24) is 0 Å². The van der Waals surface area contributed by atoms with E-state index in [1.54, 1.807) is 27.7 Å². The molecule has 0 aliphatic carbocycles. The van der Waals surface area contributed by atoms with E-state index in [0.29, 0.717) is 0 Å². The number of aliphatic hydroxyl groups is 4. The van der Waals surface area contributed by atoms with Crippen LogP contribution >= 0.6 is 0 Å². The topological polar surface area (TPSA) is 134 Å². The van der Waals surface area contributed by atoms with Gasteiger partial charge in [0.1, 0.15) is 0 Å². The quantitative estimate of drug-likeness (QED) is 0.288. The van der Waals surface area contributed by atoms with Gasteiger partial charge in [-0.1, -0.05) is 0 Å². The number of carbonyl (C=O) groups is 2. The van der Waals surface area contributed by atoms with Gasteiger partial charge in [-0.2, -0.15) is 0 Å². The number of ether oxygens (including phenoxy) is 2. The van der Waals surface area contributed by atoms with E-state index in [1.165, 1.54) is 14.2 Å². The van der Waals surface area contributed by atoms with Crippen LogP contribution in [-0.4, -0.2) is 71.0 Å². The predicted molar refractivity (Wildman–Crippen MR) is 81.5 cm³/mol. The van der Waals surface area contributed by atoms with Gasteiger partial charge in [-0.25, -0.2) is 0 Å². The van der Waals surface area contributed by atoms with Gasteiger partial charge in [0.05, 0.1) is 14.2 Å². The molecule has 0 spiro atoms. The fourth-order valence-electron chi connectivity index (χ4n) is 0.272. The number of carbonyl (C=O) groups excluding carboxylic acids is 2. The van der Waals surface area contributed by atoms with Gasteiger partial charge in [0.15, 0.2) is 0 Å². The largest absolute Gasteiger partial charge is 2.00 e. The summed E-state index contributed by atoms with van der Waals surface area (Å²) >= 11 is 0. The molecule has 0 rings (SSSR count). The van der Waals surface area contributed by atoms with Crippen molar-refractivity contribution >= 4 is 11.9 Å². The number of esters is 2. The molecule has 0 aromatic rings. The Morgan fingerprint density at radius 2 is 0.870 bits per heavy atom. The van der Waals surface area contributed by atoms with Gasteiger partial charge >= 0.3 is 33.7 Å². The van der Waals surface area contributed by atoms with E-state index in [4.69, 9.17) is 20.4 Å². The Labute approximate surface area is 153 Å². The fourth-order valence-corrected chi connectivity index (χ4v) is 0.272. The molecule has 4 N–H and O–H groups in total. The molecule has 0 fully saturated rings. The van der Waals surface area contributed by atoms with Gasteiger partial charge in [0.2, 0.25) is 0 Å². The molecule has 0 saturated heterocycles. The van der Waals surface area contributed by atoms with Crippen LogP contribution in [-0.2, 0) is 40.8 Å². The average Bonchev–Trinajstić information content (AvgIpc) is 2.35. The average molecular weight is 374 g/mol. The molecular weight excluding hydrogens is 344 g/mol. The van der Waals surface area contributed by atoms with Crippen molar-refractivity contribution in [2.45, 2.75) is 52.1 Å². The minimum absolute atomic E-state index is 0. The molecule has 138 valence electrons. The van der Waals surface area contributed by atoms with Gasteiger partial charge in [0, 0.05) is 24.4 Å². The molecule has 0 aromatic carbocycles. The molecule has 2 unspecified atom stereocenters. The maximum absolute atomic E-state index is 9.98. The Kier molecular flexibility index (Phi) is 35.1. The van der Waals surface area contributed by atoms with Crippen LogP contribution in [0.4, 0.5) is 0 Å². The van der Waals surface area contributed by atoms with Crippen LogP contribution < -0.4 is 0 Å². The zero-order chi connectivity index (χ0) is 18.9. The Morgan fingerprint density at radius 1 is 0.739 bits per heavy atom. The Morgan fingerprint density at radius 3 is 0.870 bits per heavy atom. The van der Waals surface area contributed by atoms with Gasteiger partial charge in [0.25, 0.3) is 0 Å². The molecule has 0 aliphatic heterocycles. The first-order chi connectivity index (χ1) is 9.83. The zero-order valence-corrected chi connectivity index (χ0v) is 16.2. The molecular formula is C14H30O8Ti. The second-order valence-electron chi connectivity index (χ2n) is 4.27. The minimum Gasteiger partial charge on any atom is -0.469 e. The van der Waals surface area contributed by atoms with E-state index < -0.39 is 24.1 Å². The van der Waals surface area contributed by atoms with E-state index in [1.807, 2.05) is 0 Å². The predicted octanol–water partition coefficient (Wildman–Crippen LogP) is -0.520. The number of hydrogen-bond acceptors (Lipinski definition) is 8. The van der Waals surface area contributed by atoms with Crippen molar-refractivity contribution in [1.29, 1.82) is 0 Å². The van der Waals surface area contributed by atoms with Crippen LogP contribution in [0.5, 0.6) is 0 Å². The number of aliphatic hydroxyl groups excluding tert-OH is 4. The Bertz CT molecular complexity index is 224. The van der Waals surface area contributed by atoms with Crippen molar-refractivity contribution < 1.29 is 61.2 Å². The van der Waals surface area contributed by atoms with E-state index >= 15 is 0 Å². The third-order valence-corrected chi connectivity index (χ3v) is 0.947. The summed E-state index contributed by atoms with van der Waals surface area (Å²) in [4.78, 5) is 20.0. The summed E-state index contributed by atoms with van der Waals surface area (Å²) in [6.45, 7) is 12.9. The molecule has 2 atom stereocenters. The number of methoxy groups -OCH3 is 2. The van der Waals surface area contributed by atoms with Crippen LogP contribution in [0.25, 0.3) is 0 Å². The second-order valence-corrected chi connectivity index (χ2v) is 4.27. The second kappa shape index (κ2) is 23.8. The summed E-state index contributed by atoms with van der Waals surface area (Å²) in [5.41, 5.74) is 0. The third kappa shape index (κ3) is 61.8. The van der Waals surface area contributed by atoms with Crippen LogP contribution in [0.3, 0.4) is 0 Å². The number of rotatable bonds is 2. The summed E-state index contributed by atoms with van der Waals surface area (Å²) < 4.78 is 8.12. The molecule has 0 saturated carbocycles. The maximum Gasteiger partial charge on any atom is 2.00 e. The van der Waals surface area contributed by atoms with Crippen LogP contribution in [0.1, 0.15) is 27.7 Å². The summed E-state index contributed by atoms with van der Waals surface area (Å²) in [6.07, 6.45) is -2.82. The molecule has 9 heteroatoms. The van der Waals surface area contributed by atoms with Crippen LogP contribution in [0.2, 0.25) is 0 Å². The van der Waals surface area contributed by atoms with Crippen molar-refractivity contribution in [2.75, 3.05) is 14.2 Å². The molecule has 0 amide bonds. The van der Waals surface area contributed by atoms with Gasteiger partial charge < -0.3 is 43.7 Å². The van der Waals surface area contributed by atoms with E-state index in [2.05, 4.69) is 23.3 Å². The first kappa shape index (κ1) is 34.0. The summed E-state index contributed by atoms with van der Waals surface area (Å²) in [6, 6.07) is 0. The Balaban J connectivity index is -0.0000000639. The minimum atomic E-state index is -1.25. The van der Waals surface area contributed by atoms with Gasteiger partial charge in [-0.15, -0.1) is 0 Å². The smallest absolute Gasteiger partial charge is 0.469 e. The van der Waals surface area contributed by atoms with Crippen LogP contribution in [0, 0.1) is 13.8 Å². The van der Waals surface area contributed by atoms with E-state index in [-0.39, 0.29) is 33.9 Å². The van der Waals surface area contributed by atoms with Crippen molar-refractivity contribution in [2.24, 2.45) is 0 Å². The normalized spacial score (nSPS) is 11.0. The zero-order valence-electron chi connectivity index (χ0n) is 14.6. The number of hydrogen-bond donors (Lipinski definition) is 4. The van der Waals surface area contributed by atoms with Gasteiger partial charge in [-0.05, 0) is 27.7 Å². The van der Waals surface area contributed by atoms with Crippen molar-refractivity contribution in [3.05, 3.63) is 13.8 Å². The maximum atomic E-state index is 9.98. The van der Waals surface area contributed by atoms with Crippen LogP contribution in [0.15, 0.2) is 0 Å². The standard InChI is InChI=1S/2C4H7O3.2C3H8O.Ti/c2*1-3(5)4(6)7-2;2*1-3(2)4;/h2*3,5H,1H2,2H3;2*3-4H,1-2H3;/q2*-1;;;+2. The molecule has 0 bridgehead atoms. The first-order valence-electron chi connectivity index (χ1n) is 6.37. The monoisotopic (exact) mass is 374 g/mol. The first-order valence-corrected chi connectivity index (χ1v) is 6.37. The van der Waals surface area contributed by atoms with E-state index in [0.717, 1.165) is 0 Å². The van der Waals surface area contributed by atoms with Gasteiger partial charge in [-0.3, -0.25) is 9.59 Å². The third-order valence-electron chi connectivity index (χ3n) is 0.947. The summed E-state index contributed by atoms with van der Waals surface area (Å²) in [5.74, 6) is -1.42. The summed E-state index contributed by atoms with van der Waals surface area (Å²) in [7, 11) is 2.38. The summed E-state index contributed by atoms with van der Waals surface area (Å²) in [5, 5.41) is 32.6. The molecule has 0 aliphatic rings. The molecule has 0 heterocycles. The molecule has 8 nitrogen and oxygen atoms in total. The van der Waals surface area contributed by atoms with Crippen molar-refractivity contribution in [3.8, 4) is 0 Å². The fraction of sp³-hybridized carbons (Fsp3) is 0.714. The molecule has 0 radical (unpaired) electrons. The molecule has 23 heavy (non-hydrogen) atoms. The Hall–Kier alpha value is -0.506. The SMILES string of the molecule is CC(C)O.CC(C)O.[CH2-]C(O)C(=O)OC.[CH2-]C(O)C(=O)OC.[Ti+2]. The van der Waals surface area contributed by atoms with E-state index in [9.17, 15) is 9.59 Å².